The zero-order valence-electron chi connectivity index (χ0n) is 33.9. The van der Waals surface area contributed by atoms with Gasteiger partial charge in [-0.3, -0.25) is 0 Å². The van der Waals surface area contributed by atoms with E-state index < -0.39 is 0 Å². The van der Waals surface area contributed by atoms with E-state index >= 15 is 0 Å². The molecule has 1 aliphatic heterocycles. The van der Waals surface area contributed by atoms with Gasteiger partial charge in [0, 0.05) is 33.5 Å². The van der Waals surface area contributed by atoms with Crippen molar-refractivity contribution in [3.63, 3.8) is 0 Å². The second-order valence-corrected chi connectivity index (χ2v) is 17.2. The SMILES string of the molecule is Cc1cc2cc(C3CC3)oc2cc1C.Cc1cc2nc(C3CC3)oc2cc1C.Cc1cc2oc(C3COC3)nc2cc1Cl.Cc1cc2onc(C3CC3)c2cc1C. The number of aryl methyl sites for hydroxylation is 7. The first-order valence-electron chi connectivity index (χ1n) is 20.4. The molecule has 0 unspecified atom stereocenters. The van der Waals surface area contributed by atoms with E-state index in [1.807, 2.05) is 19.1 Å². The molecule has 3 aliphatic carbocycles. The van der Waals surface area contributed by atoms with Crippen molar-refractivity contribution in [2.24, 2.45) is 0 Å². The summed E-state index contributed by atoms with van der Waals surface area (Å²) in [6.07, 6.45) is 7.63. The van der Waals surface area contributed by atoms with E-state index in [-0.39, 0.29) is 0 Å². The van der Waals surface area contributed by atoms with E-state index in [2.05, 4.69) is 99.1 Å². The summed E-state index contributed by atoms with van der Waals surface area (Å²) in [6.45, 7) is 16.1. The average Bonchev–Trinajstić information content (AvgIpc) is 4.11. The van der Waals surface area contributed by atoms with Gasteiger partial charge in [0.1, 0.15) is 22.4 Å². The van der Waals surface area contributed by atoms with E-state index in [9.17, 15) is 0 Å². The van der Waals surface area contributed by atoms with Crippen LogP contribution >= 0.6 is 11.6 Å². The lowest BCUT2D eigenvalue weighted by molar-refractivity contribution is -0.00172. The molecule has 1 saturated heterocycles. The number of benzene rings is 4. The van der Waals surface area contributed by atoms with Gasteiger partial charge in [-0.1, -0.05) is 16.8 Å². The Kier molecular flexibility index (Phi) is 9.98. The van der Waals surface area contributed by atoms with E-state index in [1.54, 1.807) is 0 Å². The van der Waals surface area contributed by atoms with Crippen molar-refractivity contribution in [1.82, 2.24) is 15.1 Å². The molecule has 4 fully saturated rings. The number of rotatable bonds is 4. The summed E-state index contributed by atoms with van der Waals surface area (Å²) in [5.41, 5.74) is 15.6. The Morgan fingerprint density at radius 1 is 0.491 bits per heavy atom. The lowest BCUT2D eigenvalue weighted by atomic mass is 10.1. The predicted molar refractivity (Wildman–Crippen MR) is 226 cm³/mol. The molecule has 8 nitrogen and oxygen atoms in total. The lowest BCUT2D eigenvalue weighted by Gasteiger charge is -2.22. The van der Waals surface area contributed by atoms with Crippen molar-refractivity contribution in [2.75, 3.05) is 13.2 Å². The Bertz CT molecular complexity index is 2530. The number of nitrogens with zero attached hydrogens (tertiary/aromatic N) is 3. The van der Waals surface area contributed by atoms with Gasteiger partial charge in [-0.05, 0) is 181 Å². The molecule has 5 heterocycles. The van der Waals surface area contributed by atoms with Gasteiger partial charge in [0.25, 0.3) is 0 Å². The van der Waals surface area contributed by atoms with Gasteiger partial charge in [0.05, 0.1) is 24.8 Å². The lowest BCUT2D eigenvalue weighted by Crippen LogP contribution is -2.25. The Balaban J connectivity index is 0.0000000989. The topological polar surface area (TPSA) is 100 Å². The highest BCUT2D eigenvalue weighted by atomic mass is 35.5. The molecular weight excluding hydrogens is 734 g/mol. The van der Waals surface area contributed by atoms with Crippen LogP contribution in [0.4, 0.5) is 0 Å². The van der Waals surface area contributed by atoms with Crippen molar-refractivity contribution in [3.8, 4) is 0 Å². The third-order valence-electron chi connectivity index (χ3n) is 11.8. The van der Waals surface area contributed by atoms with Gasteiger partial charge in [-0.2, -0.15) is 0 Å². The molecule has 0 bridgehead atoms. The third-order valence-corrected chi connectivity index (χ3v) is 12.2. The standard InChI is InChI=1S/C13H14O.2C12H13NO.C11H10ClNO2/c1-8-5-11-7-13(10-3-4-10)14-12(11)6-9(8)2;1-7-5-10-11(6-8(7)2)14-12(13-10)9-3-4-9;1-7-5-10-11(6-8(7)2)14-13-12(10)9-3-4-9;1-6-2-10-9(3-8(6)12)13-11(15-10)7-4-14-5-7/h5-7,10H,3-4H2,1-2H3;2*5-6,9H,3-4H2,1-2H3;2-3,7H,4-5H2,1H3. The normalized spacial score (nSPS) is 16.6. The van der Waals surface area contributed by atoms with E-state index in [1.165, 1.54) is 94.1 Å². The number of fused-ring (bicyclic) bond motifs is 4. The maximum absolute atomic E-state index is 6.02. The van der Waals surface area contributed by atoms with Gasteiger partial charge in [0.2, 0.25) is 5.89 Å². The number of hydrogen-bond donors (Lipinski definition) is 0. The zero-order chi connectivity index (χ0) is 39.5. The van der Waals surface area contributed by atoms with Gasteiger partial charge < -0.3 is 22.5 Å². The Morgan fingerprint density at radius 3 is 1.63 bits per heavy atom. The molecule has 4 aromatic carbocycles. The summed E-state index contributed by atoms with van der Waals surface area (Å²) in [6, 6.07) is 18.8. The molecule has 0 N–H and O–H groups in total. The molecule has 3 saturated carbocycles. The number of ether oxygens (including phenoxy) is 1. The highest BCUT2D eigenvalue weighted by Crippen LogP contribution is 2.44. The molecule has 57 heavy (non-hydrogen) atoms. The summed E-state index contributed by atoms with van der Waals surface area (Å²) in [5, 5.41) is 7.37. The van der Waals surface area contributed by atoms with E-state index in [0.29, 0.717) is 36.9 Å². The van der Waals surface area contributed by atoms with Crippen LogP contribution in [-0.4, -0.2) is 28.3 Å². The first kappa shape index (κ1) is 37.6. The van der Waals surface area contributed by atoms with E-state index in [0.717, 1.165) is 55.7 Å². The minimum Gasteiger partial charge on any atom is -0.461 e. The number of aromatic nitrogens is 3. The molecule has 0 amide bonds. The van der Waals surface area contributed by atoms with Crippen molar-refractivity contribution in [3.05, 3.63) is 122 Å². The molecular formula is C48H50ClN3O5. The molecule has 12 rings (SSSR count). The fourth-order valence-electron chi connectivity index (χ4n) is 7.08. The molecule has 8 aromatic rings. The van der Waals surface area contributed by atoms with Crippen LogP contribution in [0.3, 0.4) is 0 Å². The fourth-order valence-corrected chi connectivity index (χ4v) is 7.24. The van der Waals surface area contributed by atoms with Crippen LogP contribution in [0.5, 0.6) is 0 Å². The van der Waals surface area contributed by atoms with Gasteiger partial charge in [-0.15, -0.1) is 0 Å². The number of oxazole rings is 2. The van der Waals surface area contributed by atoms with Crippen LogP contribution in [-0.2, 0) is 4.74 Å². The summed E-state index contributed by atoms with van der Waals surface area (Å²) in [7, 11) is 0. The fraction of sp³-hybridized carbons (Fsp3) is 0.396. The molecule has 0 spiro atoms. The largest absolute Gasteiger partial charge is 0.461 e. The summed E-state index contributed by atoms with van der Waals surface area (Å²) in [4.78, 5) is 8.92. The van der Waals surface area contributed by atoms with Crippen LogP contribution in [0, 0.1) is 48.5 Å². The number of furan rings is 1. The zero-order valence-corrected chi connectivity index (χ0v) is 34.7. The van der Waals surface area contributed by atoms with Crippen LogP contribution in [0.2, 0.25) is 5.02 Å². The van der Waals surface area contributed by atoms with E-state index in [4.69, 9.17) is 34.1 Å². The maximum Gasteiger partial charge on any atom is 0.203 e. The van der Waals surface area contributed by atoms with Crippen molar-refractivity contribution in [1.29, 1.82) is 0 Å². The minimum absolute atomic E-state index is 0.316. The molecule has 4 aliphatic rings. The Hall–Kier alpha value is -4.92. The summed E-state index contributed by atoms with van der Waals surface area (Å²) in [5.74, 6) is 5.17. The van der Waals surface area contributed by atoms with Gasteiger partial charge in [-0.25, -0.2) is 9.97 Å². The average molecular weight is 784 g/mol. The first-order valence-corrected chi connectivity index (χ1v) is 20.7. The van der Waals surface area contributed by atoms with Crippen molar-refractivity contribution < 1.29 is 22.5 Å². The van der Waals surface area contributed by atoms with Crippen LogP contribution in [0.1, 0.15) is 124 Å². The molecule has 0 atom stereocenters. The van der Waals surface area contributed by atoms with Crippen LogP contribution in [0.15, 0.2) is 72.4 Å². The predicted octanol–water partition coefficient (Wildman–Crippen LogP) is 13.5. The first-order chi connectivity index (χ1) is 27.5. The monoisotopic (exact) mass is 783 g/mol. The van der Waals surface area contributed by atoms with Crippen molar-refractivity contribution >= 4 is 55.7 Å². The Labute approximate surface area is 337 Å². The summed E-state index contributed by atoms with van der Waals surface area (Å²) >= 11 is 6.02. The second-order valence-electron chi connectivity index (χ2n) is 16.8. The number of halogens is 1. The quantitative estimate of drug-likeness (QED) is 0.174. The molecule has 294 valence electrons. The molecule has 9 heteroatoms. The smallest absolute Gasteiger partial charge is 0.203 e. The van der Waals surface area contributed by atoms with Gasteiger partial charge in [0.15, 0.2) is 22.6 Å². The van der Waals surface area contributed by atoms with Crippen LogP contribution < -0.4 is 0 Å². The number of hydrogen-bond acceptors (Lipinski definition) is 8. The summed E-state index contributed by atoms with van der Waals surface area (Å²) < 4.78 is 27.6. The third kappa shape index (κ3) is 8.12. The highest BCUT2D eigenvalue weighted by molar-refractivity contribution is 6.32. The van der Waals surface area contributed by atoms with Crippen molar-refractivity contribution in [2.45, 2.75) is 111 Å². The highest BCUT2D eigenvalue weighted by Gasteiger charge is 2.30. The van der Waals surface area contributed by atoms with Crippen LogP contribution in [0.25, 0.3) is 44.1 Å². The maximum atomic E-state index is 6.02. The van der Waals surface area contributed by atoms with Gasteiger partial charge >= 0.3 is 0 Å². The molecule has 4 aromatic heterocycles. The molecule has 0 radical (unpaired) electrons. The Morgan fingerprint density at radius 2 is 1.02 bits per heavy atom. The minimum atomic E-state index is 0.316. The second kappa shape index (κ2) is 15.1.